The highest BCUT2D eigenvalue weighted by molar-refractivity contribution is 7.24. The fraction of sp³-hybridized carbons (Fsp3) is 0. The molecular weight excluding hydrogens is 230 g/mol. The number of nitrogens with zero attached hydrogens (tertiary/aromatic N) is 1. The van der Waals surface area contributed by atoms with Crippen molar-refractivity contribution in [1.82, 2.24) is 0 Å². The second-order valence-electron chi connectivity index (χ2n) is 2.70. The van der Waals surface area contributed by atoms with Crippen LogP contribution in [0.1, 0.15) is 4.88 Å². The summed E-state index contributed by atoms with van der Waals surface area (Å²) in [4.78, 5) is 12.8. The van der Waals surface area contributed by atoms with E-state index >= 15 is 0 Å². The largest absolute Gasteiger partial charge is 0.324 e. The highest BCUT2D eigenvalue weighted by Gasteiger charge is 2.11. The molecule has 0 saturated heterocycles. The number of hydrogen-bond donors (Lipinski definition) is 0. The van der Waals surface area contributed by atoms with Crippen LogP contribution in [0.25, 0.3) is 9.75 Å². The van der Waals surface area contributed by atoms with Crippen LogP contribution in [-0.4, -0.2) is 4.92 Å². The van der Waals surface area contributed by atoms with Crippen LogP contribution >= 0.6 is 22.7 Å². The summed E-state index contributed by atoms with van der Waals surface area (Å²) < 4.78 is 0. The second kappa shape index (κ2) is 3.85. The maximum atomic E-state index is 10.5. The summed E-state index contributed by atoms with van der Waals surface area (Å²) >= 11 is 2.62. The second-order valence-corrected chi connectivity index (χ2v) is 4.85. The Labute approximate surface area is 94.2 Å². The molecule has 0 aliphatic carbocycles. The van der Waals surface area contributed by atoms with Crippen LogP contribution in [0.3, 0.4) is 0 Å². The maximum Gasteiger partial charge on any atom is 0.324 e. The Kier molecular flexibility index (Phi) is 2.54. The predicted molar refractivity (Wildman–Crippen MR) is 62.2 cm³/mol. The van der Waals surface area contributed by atoms with E-state index in [1.807, 2.05) is 12.1 Å². The average Bonchev–Trinajstić information content (AvgIpc) is 2.86. The third kappa shape index (κ3) is 1.91. The number of rotatable bonds is 2. The van der Waals surface area contributed by atoms with E-state index in [1.54, 1.807) is 6.07 Å². The Morgan fingerprint density at radius 2 is 1.87 bits per heavy atom. The van der Waals surface area contributed by atoms with Crippen molar-refractivity contribution >= 4 is 27.7 Å². The zero-order valence-corrected chi connectivity index (χ0v) is 9.10. The molecule has 2 aromatic rings. The van der Waals surface area contributed by atoms with Gasteiger partial charge in [0.25, 0.3) is 0 Å². The van der Waals surface area contributed by atoms with E-state index in [4.69, 9.17) is 6.42 Å². The summed E-state index contributed by atoms with van der Waals surface area (Å²) in [6.07, 6.45) is 5.25. The summed E-state index contributed by atoms with van der Waals surface area (Å²) in [7, 11) is 0. The van der Waals surface area contributed by atoms with Gasteiger partial charge in [0.15, 0.2) is 0 Å². The molecule has 0 amide bonds. The molecule has 2 aromatic heterocycles. The first-order valence-corrected chi connectivity index (χ1v) is 5.65. The highest BCUT2D eigenvalue weighted by Crippen LogP contribution is 2.36. The van der Waals surface area contributed by atoms with E-state index in [0.717, 1.165) is 26.0 Å². The van der Waals surface area contributed by atoms with E-state index in [2.05, 4.69) is 5.92 Å². The molecule has 0 saturated carbocycles. The zero-order chi connectivity index (χ0) is 10.8. The summed E-state index contributed by atoms with van der Waals surface area (Å²) in [6, 6.07) is 6.98. The molecule has 0 fully saturated rings. The topological polar surface area (TPSA) is 43.1 Å². The predicted octanol–water partition coefficient (Wildman–Crippen LogP) is 3.37. The fourth-order valence-corrected chi connectivity index (χ4v) is 2.83. The fourth-order valence-electron chi connectivity index (χ4n) is 1.11. The van der Waals surface area contributed by atoms with Gasteiger partial charge in [-0.2, -0.15) is 0 Å². The molecule has 0 aliphatic heterocycles. The number of nitro groups is 1. The SMILES string of the molecule is C#Cc1ccc(-c2ccc([N+](=O)[O-])s2)s1. The van der Waals surface area contributed by atoms with Crippen molar-refractivity contribution in [2.24, 2.45) is 0 Å². The van der Waals surface area contributed by atoms with Gasteiger partial charge in [0, 0.05) is 10.9 Å². The van der Waals surface area contributed by atoms with Gasteiger partial charge in [0.2, 0.25) is 0 Å². The highest BCUT2D eigenvalue weighted by atomic mass is 32.1. The lowest BCUT2D eigenvalue weighted by atomic mass is 10.4. The Hall–Kier alpha value is -1.64. The Morgan fingerprint density at radius 1 is 1.20 bits per heavy atom. The van der Waals surface area contributed by atoms with E-state index in [0.29, 0.717) is 0 Å². The van der Waals surface area contributed by atoms with Gasteiger partial charge < -0.3 is 0 Å². The Balaban J connectivity index is 2.38. The van der Waals surface area contributed by atoms with Crippen LogP contribution in [0.5, 0.6) is 0 Å². The van der Waals surface area contributed by atoms with Gasteiger partial charge in [0.1, 0.15) is 0 Å². The van der Waals surface area contributed by atoms with Gasteiger partial charge in [-0.25, -0.2) is 0 Å². The summed E-state index contributed by atoms with van der Waals surface area (Å²) in [5.74, 6) is 2.54. The van der Waals surface area contributed by atoms with Gasteiger partial charge in [-0.15, -0.1) is 17.8 Å². The minimum Gasteiger partial charge on any atom is -0.258 e. The molecular formula is C10H5NO2S2. The Bertz CT molecular complexity index is 548. The lowest BCUT2D eigenvalue weighted by Gasteiger charge is -1.86. The minimum absolute atomic E-state index is 0.153. The number of thiophene rings is 2. The van der Waals surface area contributed by atoms with E-state index < -0.39 is 0 Å². The lowest BCUT2D eigenvalue weighted by molar-refractivity contribution is -0.380. The molecule has 0 spiro atoms. The van der Waals surface area contributed by atoms with Crippen molar-refractivity contribution < 1.29 is 4.92 Å². The molecule has 0 N–H and O–H groups in total. The molecule has 0 unspecified atom stereocenters. The molecule has 0 bridgehead atoms. The molecule has 5 heteroatoms. The summed E-state index contributed by atoms with van der Waals surface area (Å²) in [5.41, 5.74) is 0. The first-order valence-electron chi connectivity index (χ1n) is 4.02. The van der Waals surface area contributed by atoms with Crippen LogP contribution in [0, 0.1) is 22.5 Å². The molecule has 2 heterocycles. The minimum atomic E-state index is -0.385. The quantitative estimate of drug-likeness (QED) is 0.455. The standard InChI is InChI=1S/C10H5NO2S2/c1-2-7-3-4-8(14-7)9-5-6-10(15-9)11(12)13/h1,3-6H. The van der Waals surface area contributed by atoms with Crippen LogP contribution in [-0.2, 0) is 0 Å². The first-order chi connectivity index (χ1) is 7.20. The summed E-state index contributed by atoms with van der Waals surface area (Å²) in [5, 5.41) is 10.6. The van der Waals surface area contributed by atoms with Crippen LogP contribution in [0.15, 0.2) is 24.3 Å². The van der Waals surface area contributed by atoms with Gasteiger partial charge in [-0.1, -0.05) is 17.3 Å². The molecule has 0 radical (unpaired) electrons. The smallest absolute Gasteiger partial charge is 0.258 e. The third-order valence-electron chi connectivity index (χ3n) is 1.76. The Morgan fingerprint density at radius 3 is 2.40 bits per heavy atom. The monoisotopic (exact) mass is 235 g/mol. The average molecular weight is 235 g/mol. The molecule has 3 nitrogen and oxygen atoms in total. The van der Waals surface area contributed by atoms with Crippen LogP contribution < -0.4 is 0 Å². The van der Waals surface area contributed by atoms with Crippen LogP contribution in [0.2, 0.25) is 0 Å². The molecule has 0 aliphatic rings. The zero-order valence-electron chi connectivity index (χ0n) is 7.47. The van der Waals surface area contributed by atoms with Gasteiger partial charge >= 0.3 is 5.00 Å². The number of hydrogen-bond acceptors (Lipinski definition) is 4. The maximum absolute atomic E-state index is 10.5. The molecule has 15 heavy (non-hydrogen) atoms. The van der Waals surface area contributed by atoms with Gasteiger partial charge in [-0.05, 0) is 18.2 Å². The van der Waals surface area contributed by atoms with Gasteiger partial charge in [0.05, 0.1) is 14.7 Å². The van der Waals surface area contributed by atoms with Gasteiger partial charge in [-0.3, -0.25) is 10.1 Å². The van der Waals surface area contributed by atoms with E-state index in [1.165, 1.54) is 17.4 Å². The van der Waals surface area contributed by atoms with Crippen molar-refractivity contribution in [3.8, 4) is 22.1 Å². The van der Waals surface area contributed by atoms with Crippen molar-refractivity contribution in [3.63, 3.8) is 0 Å². The van der Waals surface area contributed by atoms with Crippen molar-refractivity contribution in [1.29, 1.82) is 0 Å². The third-order valence-corrected chi connectivity index (χ3v) is 4.01. The molecule has 2 rings (SSSR count). The van der Waals surface area contributed by atoms with E-state index in [-0.39, 0.29) is 9.92 Å². The molecule has 74 valence electrons. The van der Waals surface area contributed by atoms with Crippen molar-refractivity contribution in [3.05, 3.63) is 39.3 Å². The normalized spacial score (nSPS) is 9.80. The number of terminal acetylenes is 1. The summed E-state index contributed by atoms with van der Waals surface area (Å²) in [6.45, 7) is 0. The van der Waals surface area contributed by atoms with E-state index in [9.17, 15) is 10.1 Å². The first kappa shape index (κ1) is 9.90. The molecule has 0 atom stereocenters. The van der Waals surface area contributed by atoms with Crippen LogP contribution in [0.4, 0.5) is 5.00 Å². The molecule has 0 aromatic carbocycles. The van der Waals surface area contributed by atoms with Crippen molar-refractivity contribution in [2.45, 2.75) is 0 Å². The lowest BCUT2D eigenvalue weighted by Crippen LogP contribution is -1.80. The van der Waals surface area contributed by atoms with Crippen molar-refractivity contribution in [2.75, 3.05) is 0 Å².